The molecule has 0 spiro atoms. The summed E-state index contributed by atoms with van der Waals surface area (Å²) >= 11 is 1.53. The van der Waals surface area contributed by atoms with E-state index in [0.29, 0.717) is 5.17 Å². The Hall–Kier alpha value is -0.690. The fourth-order valence-electron chi connectivity index (χ4n) is 0.334. The van der Waals surface area contributed by atoms with Crippen LogP contribution in [0.3, 0.4) is 0 Å². The van der Waals surface area contributed by atoms with Gasteiger partial charge in [-0.1, -0.05) is 13.3 Å². The largest absolute Gasteiger partial charge is 0.512 e. The highest BCUT2D eigenvalue weighted by Gasteiger charge is 1.92. The fraction of sp³-hybridized carbons (Fsp3) is 0.667. The van der Waals surface area contributed by atoms with Crippen LogP contribution in [0.25, 0.3) is 0 Å². The maximum Gasteiger partial charge on any atom is 0.299 e. The van der Waals surface area contributed by atoms with Gasteiger partial charge in [-0.2, -0.15) is 0 Å². The molecule has 58 valence electrons. The van der Waals surface area contributed by atoms with E-state index in [4.69, 9.17) is 23.0 Å². The molecular formula is C6H13N3S. The van der Waals surface area contributed by atoms with Crippen LogP contribution in [-0.4, -0.2) is 10.9 Å². The molecule has 0 rings (SSSR count). The molecule has 10 heavy (non-hydrogen) atoms. The van der Waals surface area contributed by atoms with Gasteiger partial charge >= 0.3 is 0 Å². The van der Waals surface area contributed by atoms with Gasteiger partial charge in [-0.3, -0.25) is 11.1 Å². The van der Waals surface area contributed by atoms with Crippen molar-refractivity contribution in [1.82, 2.24) is 0 Å². The van der Waals surface area contributed by atoms with Crippen molar-refractivity contribution in [1.29, 1.82) is 5.26 Å². The minimum atomic E-state index is 0.485. The quantitative estimate of drug-likeness (QED) is 0.257. The van der Waals surface area contributed by atoms with Crippen molar-refractivity contribution in [3.8, 4) is 0 Å². The van der Waals surface area contributed by atoms with E-state index in [1.807, 2.05) is 0 Å². The highest BCUT2D eigenvalue weighted by atomic mass is 32.2. The summed E-state index contributed by atoms with van der Waals surface area (Å²) < 4.78 is 0. The van der Waals surface area contributed by atoms with Crippen LogP contribution in [0.4, 0.5) is 0 Å². The van der Waals surface area contributed by atoms with Crippen LogP contribution in [0.2, 0.25) is 0 Å². The third-order valence-electron chi connectivity index (χ3n) is 0.767. The van der Waals surface area contributed by atoms with E-state index < -0.39 is 0 Å². The van der Waals surface area contributed by atoms with Gasteiger partial charge in [-0.25, -0.2) is 0 Å². The zero-order valence-corrected chi connectivity index (χ0v) is 6.95. The molecule has 0 radical (unpaired) electrons. The van der Waals surface area contributed by atoms with Crippen molar-refractivity contribution < 1.29 is 5.41 Å². The second-order valence-electron chi connectivity index (χ2n) is 1.60. The smallest absolute Gasteiger partial charge is 0.299 e. The third kappa shape index (κ3) is 15.7. The van der Waals surface area contributed by atoms with E-state index >= 15 is 0 Å². The van der Waals surface area contributed by atoms with Gasteiger partial charge in [0.25, 0.3) is 5.17 Å². The standard InChI is InChI=1S/C5H12N2S.CN/c1-2-3-4-8-5(6)7;1-2/h2-4H2,1H3,(H3,6,7);/q;-1/p+1. The van der Waals surface area contributed by atoms with Crippen LogP contribution in [0.1, 0.15) is 19.8 Å². The maximum absolute atomic E-state index is 6.25. The number of amidine groups is 1. The first-order valence-corrected chi connectivity index (χ1v) is 3.99. The highest BCUT2D eigenvalue weighted by Crippen LogP contribution is 1.99. The molecular weight excluding hydrogens is 146 g/mol. The lowest BCUT2D eigenvalue weighted by atomic mass is 10.4. The SMILES string of the molecule is CCCCSC(N)=[NH2+].[C-]#N. The molecule has 0 aromatic rings. The summed E-state index contributed by atoms with van der Waals surface area (Å²) in [4.78, 5) is 0. The lowest BCUT2D eigenvalue weighted by Gasteiger charge is -1.89. The van der Waals surface area contributed by atoms with Crippen molar-refractivity contribution in [3.63, 3.8) is 0 Å². The minimum Gasteiger partial charge on any atom is -0.512 e. The third-order valence-corrected chi connectivity index (χ3v) is 1.59. The first-order chi connectivity index (χ1) is 4.77. The van der Waals surface area contributed by atoms with Gasteiger partial charge in [0.15, 0.2) is 0 Å². The molecule has 4 N–H and O–H groups in total. The first-order valence-electron chi connectivity index (χ1n) is 3.00. The van der Waals surface area contributed by atoms with Crippen LogP contribution in [0, 0.1) is 11.8 Å². The van der Waals surface area contributed by atoms with Gasteiger partial charge < -0.3 is 11.8 Å². The van der Waals surface area contributed by atoms with Crippen LogP contribution in [-0.2, 0) is 0 Å². The average molecular weight is 159 g/mol. The molecule has 0 saturated heterocycles. The molecule has 0 unspecified atom stereocenters. The molecule has 0 bridgehead atoms. The molecule has 0 aliphatic heterocycles. The van der Waals surface area contributed by atoms with Crippen LogP contribution in [0.15, 0.2) is 0 Å². The molecule has 0 aliphatic carbocycles. The topological polar surface area (TPSA) is 75.4 Å². The van der Waals surface area contributed by atoms with Crippen molar-refractivity contribution in [2.24, 2.45) is 5.73 Å². The summed E-state index contributed by atoms with van der Waals surface area (Å²) in [6, 6.07) is 0. The molecule has 0 aliphatic rings. The van der Waals surface area contributed by atoms with Crippen molar-refractivity contribution in [3.05, 3.63) is 6.57 Å². The Balaban J connectivity index is 0. The lowest BCUT2D eigenvalue weighted by molar-refractivity contribution is -0.110. The van der Waals surface area contributed by atoms with E-state index in [0.717, 1.165) is 5.75 Å². The molecule has 4 heteroatoms. The first kappa shape index (κ1) is 12.0. The predicted octanol–water partition coefficient (Wildman–Crippen LogP) is -0.310. The Morgan fingerprint density at radius 2 is 2.20 bits per heavy atom. The number of unbranched alkanes of at least 4 members (excludes halogenated alkanes) is 1. The summed E-state index contributed by atoms with van der Waals surface area (Å²) in [5, 5.41) is 11.9. The molecule has 0 amide bonds. The molecule has 0 saturated carbocycles. The summed E-state index contributed by atoms with van der Waals surface area (Å²) in [7, 11) is 0. The number of hydrogen-bond donors (Lipinski definition) is 2. The Kier molecular flexibility index (Phi) is 13.4. The van der Waals surface area contributed by atoms with Gasteiger partial charge in [0, 0.05) is 5.75 Å². The number of rotatable bonds is 3. The fourth-order valence-corrected chi connectivity index (χ4v) is 1.00. The number of hydrogen-bond acceptors (Lipinski definition) is 2. The summed E-state index contributed by atoms with van der Waals surface area (Å²) in [5.74, 6) is 1.05. The van der Waals surface area contributed by atoms with E-state index in [-0.39, 0.29) is 0 Å². The Labute approximate surface area is 66.1 Å². The second kappa shape index (κ2) is 11.2. The van der Waals surface area contributed by atoms with Gasteiger partial charge in [0.1, 0.15) is 0 Å². The zero-order valence-electron chi connectivity index (χ0n) is 6.13. The van der Waals surface area contributed by atoms with Crippen molar-refractivity contribution >= 4 is 16.9 Å². The number of thioether (sulfide) groups is 1. The van der Waals surface area contributed by atoms with Gasteiger partial charge in [0.2, 0.25) is 0 Å². The van der Waals surface area contributed by atoms with Gasteiger partial charge in [-0.05, 0) is 18.2 Å². The predicted molar refractivity (Wildman–Crippen MR) is 43.5 cm³/mol. The van der Waals surface area contributed by atoms with E-state index in [1.54, 1.807) is 0 Å². The van der Waals surface area contributed by atoms with Crippen LogP contribution < -0.4 is 11.1 Å². The Morgan fingerprint density at radius 3 is 2.50 bits per heavy atom. The zero-order chi connectivity index (χ0) is 8.41. The van der Waals surface area contributed by atoms with Crippen molar-refractivity contribution in [2.45, 2.75) is 19.8 Å². The molecule has 0 fully saturated rings. The Morgan fingerprint density at radius 1 is 1.70 bits per heavy atom. The molecule has 0 atom stereocenters. The number of nitrogens with zero attached hydrogens (tertiary/aromatic N) is 1. The van der Waals surface area contributed by atoms with E-state index in [2.05, 4.69) is 6.92 Å². The van der Waals surface area contributed by atoms with Crippen LogP contribution >= 0.6 is 11.8 Å². The second-order valence-corrected chi connectivity index (χ2v) is 2.77. The van der Waals surface area contributed by atoms with Gasteiger partial charge in [0.05, 0.1) is 0 Å². The Bertz CT molecular complexity index is 100. The monoisotopic (exact) mass is 159 g/mol. The summed E-state index contributed by atoms with van der Waals surface area (Å²) in [6.07, 6.45) is 2.41. The maximum atomic E-state index is 6.25. The summed E-state index contributed by atoms with van der Waals surface area (Å²) in [5.41, 5.74) is 5.19. The molecule has 0 aromatic carbocycles. The van der Waals surface area contributed by atoms with Crippen molar-refractivity contribution in [2.75, 3.05) is 5.75 Å². The lowest BCUT2D eigenvalue weighted by Crippen LogP contribution is -2.43. The highest BCUT2D eigenvalue weighted by molar-refractivity contribution is 8.13. The molecule has 0 aromatic heterocycles. The molecule has 0 heterocycles. The average Bonchev–Trinajstić information content (AvgIpc) is 1.92. The van der Waals surface area contributed by atoms with Gasteiger partial charge in [-0.15, -0.1) is 0 Å². The minimum absolute atomic E-state index is 0.485. The van der Waals surface area contributed by atoms with E-state index in [1.165, 1.54) is 24.6 Å². The number of nitrogens with two attached hydrogens (primary N) is 2. The van der Waals surface area contributed by atoms with Crippen LogP contribution in [0.5, 0.6) is 0 Å². The molecule has 3 nitrogen and oxygen atoms in total. The normalized spacial score (nSPS) is 7.50. The van der Waals surface area contributed by atoms with E-state index in [9.17, 15) is 0 Å². The summed E-state index contributed by atoms with van der Waals surface area (Å²) in [6.45, 7) is 6.90.